The first kappa shape index (κ1) is 11.8. The number of aromatic nitrogens is 1. The van der Waals surface area contributed by atoms with E-state index in [2.05, 4.69) is 34.6 Å². The van der Waals surface area contributed by atoms with E-state index in [0.717, 1.165) is 25.8 Å². The molecular weight excluding hydrogens is 224 g/mol. The average Bonchev–Trinajstić information content (AvgIpc) is 2.77. The van der Waals surface area contributed by atoms with Crippen LogP contribution in [0.25, 0.3) is 10.9 Å². The van der Waals surface area contributed by atoms with Crippen LogP contribution in [0, 0.1) is 0 Å². The molecule has 0 saturated heterocycles. The summed E-state index contributed by atoms with van der Waals surface area (Å²) < 4.78 is 0. The van der Waals surface area contributed by atoms with E-state index in [4.69, 9.17) is 5.11 Å². The summed E-state index contributed by atoms with van der Waals surface area (Å²) in [5, 5.41) is 13.7. The topological polar surface area (TPSA) is 48.0 Å². The van der Waals surface area contributed by atoms with E-state index in [1.807, 2.05) is 0 Å². The van der Waals surface area contributed by atoms with Gasteiger partial charge in [-0.3, -0.25) is 0 Å². The maximum Gasteiger partial charge on any atom is 0.0458 e. The van der Waals surface area contributed by atoms with Crippen LogP contribution < -0.4 is 5.32 Å². The van der Waals surface area contributed by atoms with Gasteiger partial charge in [0.05, 0.1) is 0 Å². The molecule has 1 atom stereocenters. The summed E-state index contributed by atoms with van der Waals surface area (Å²) in [4.78, 5) is 3.54. The van der Waals surface area contributed by atoms with Crippen LogP contribution in [0.3, 0.4) is 0 Å². The monoisotopic (exact) mass is 244 g/mol. The smallest absolute Gasteiger partial charge is 0.0458 e. The molecule has 0 fully saturated rings. The van der Waals surface area contributed by atoms with Crippen molar-refractivity contribution in [2.45, 2.75) is 31.7 Å². The van der Waals surface area contributed by atoms with Gasteiger partial charge in [0.25, 0.3) is 0 Å². The van der Waals surface area contributed by atoms with Crippen LogP contribution in [0.5, 0.6) is 0 Å². The van der Waals surface area contributed by atoms with E-state index in [-0.39, 0.29) is 6.61 Å². The predicted octanol–water partition coefficient (Wildman–Crippen LogP) is 2.00. The molecule has 18 heavy (non-hydrogen) atoms. The van der Waals surface area contributed by atoms with Gasteiger partial charge in [0, 0.05) is 29.2 Å². The molecule has 1 unspecified atom stereocenters. The molecular formula is C15H20N2O. The summed E-state index contributed by atoms with van der Waals surface area (Å²) in [6.07, 6.45) is 4.26. The second kappa shape index (κ2) is 5.12. The fourth-order valence-corrected chi connectivity index (χ4v) is 2.93. The van der Waals surface area contributed by atoms with E-state index in [9.17, 15) is 0 Å². The molecule has 0 spiro atoms. The molecule has 1 heterocycles. The van der Waals surface area contributed by atoms with Crippen LogP contribution in [-0.4, -0.2) is 29.3 Å². The van der Waals surface area contributed by atoms with Gasteiger partial charge >= 0.3 is 0 Å². The molecule has 1 aromatic carbocycles. The number of rotatable bonds is 4. The van der Waals surface area contributed by atoms with Crippen molar-refractivity contribution in [2.75, 3.05) is 13.2 Å². The number of hydrogen-bond donors (Lipinski definition) is 3. The van der Waals surface area contributed by atoms with Gasteiger partial charge in [-0.2, -0.15) is 0 Å². The SMILES string of the molecule is OCCCNC1CCc2[nH]c3ccccc3c2C1. The molecule has 3 heteroatoms. The Balaban J connectivity index is 1.78. The number of aryl methyl sites for hydroxylation is 1. The molecule has 0 bridgehead atoms. The van der Waals surface area contributed by atoms with Gasteiger partial charge in [0.1, 0.15) is 0 Å². The molecule has 1 aliphatic rings. The van der Waals surface area contributed by atoms with E-state index in [1.165, 1.54) is 28.6 Å². The molecule has 3 N–H and O–H groups in total. The number of para-hydroxylation sites is 1. The third-order valence-electron chi connectivity index (χ3n) is 3.86. The van der Waals surface area contributed by atoms with Crippen LogP contribution in [0.2, 0.25) is 0 Å². The Morgan fingerprint density at radius 1 is 1.33 bits per heavy atom. The first-order valence-electron chi connectivity index (χ1n) is 6.81. The Morgan fingerprint density at radius 3 is 3.11 bits per heavy atom. The number of aromatic amines is 1. The van der Waals surface area contributed by atoms with Crippen molar-refractivity contribution in [2.24, 2.45) is 0 Å². The third kappa shape index (κ3) is 2.16. The summed E-state index contributed by atoms with van der Waals surface area (Å²) in [7, 11) is 0. The quantitative estimate of drug-likeness (QED) is 0.720. The lowest BCUT2D eigenvalue weighted by atomic mass is 9.91. The molecule has 0 saturated carbocycles. The van der Waals surface area contributed by atoms with Crippen LogP contribution in [0.4, 0.5) is 0 Å². The fraction of sp³-hybridized carbons (Fsp3) is 0.467. The summed E-state index contributed by atoms with van der Waals surface area (Å²) in [6, 6.07) is 9.12. The Hall–Kier alpha value is -1.32. The van der Waals surface area contributed by atoms with E-state index in [1.54, 1.807) is 0 Å². The Kier molecular flexibility index (Phi) is 3.35. The van der Waals surface area contributed by atoms with Gasteiger partial charge in [-0.15, -0.1) is 0 Å². The Morgan fingerprint density at radius 2 is 2.22 bits per heavy atom. The van der Waals surface area contributed by atoms with Crippen molar-refractivity contribution in [3.05, 3.63) is 35.5 Å². The number of aliphatic hydroxyl groups is 1. The number of nitrogens with one attached hydrogen (secondary N) is 2. The average molecular weight is 244 g/mol. The highest BCUT2D eigenvalue weighted by Crippen LogP contribution is 2.28. The zero-order chi connectivity index (χ0) is 12.4. The molecule has 0 amide bonds. The van der Waals surface area contributed by atoms with Crippen LogP contribution >= 0.6 is 0 Å². The summed E-state index contributed by atoms with van der Waals surface area (Å²) in [5.74, 6) is 0. The molecule has 0 radical (unpaired) electrons. The van der Waals surface area contributed by atoms with E-state index >= 15 is 0 Å². The number of H-pyrrole nitrogens is 1. The fourth-order valence-electron chi connectivity index (χ4n) is 2.93. The molecule has 2 aromatic rings. The molecule has 96 valence electrons. The highest BCUT2D eigenvalue weighted by atomic mass is 16.3. The minimum absolute atomic E-state index is 0.276. The van der Waals surface area contributed by atoms with Crippen molar-refractivity contribution < 1.29 is 5.11 Å². The Labute approximate surface area is 107 Å². The maximum atomic E-state index is 8.82. The minimum Gasteiger partial charge on any atom is -0.396 e. The normalized spacial score (nSPS) is 19.1. The van der Waals surface area contributed by atoms with Gasteiger partial charge in [-0.25, -0.2) is 0 Å². The summed E-state index contributed by atoms with van der Waals surface area (Å²) in [6.45, 7) is 1.19. The van der Waals surface area contributed by atoms with E-state index < -0.39 is 0 Å². The first-order valence-corrected chi connectivity index (χ1v) is 6.81. The third-order valence-corrected chi connectivity index (χ3v) is 3.86. The van der Waals surface area contributed by atoms with Crippen LogP contribution in [-0.2, 0) is 12.8 Å². The highest BCUT2D eigenvalue weighted by molar-refractivity contribution is 5.84. The second-order valence-corrected chi connectivity index (χ2v) is 5.10. The van der Waals surface area contributed by atoms with Crippen molar-refractivity contribution in [3.8, 4) is 0 Å². The standard InChI is InChI=1S/C15H20N2O/c18-9-3-8-16-11-6-7-15-13(10-11)12-4-1-2-5-14(12)17-15/h1-2,4-5,11,16-18H,3,6-10H2. The molecule has 3 nitrogen and oxygen atoms in total. The van der Waals surface area contributed by atoms with Crippen molar-refractivity contribution >= 4 is 10.9 Å². The Bertz CT molecular complexity index is 532. The number of aliphatic hydroxyl groups excluding tert-OH is 1. The lowest BCUT2D eigenvalue weighted by Crippen LogP contribution is -2.35. The largest absolute Gasteiger partial charge is 0.396 e. The van der Waals surface area contributed by atoms with Gasteiger partial charge in [-0.05, 0) is 43.9 Å². The second-order valence-electron chi connectivity index (χ2n) is 5.10. The number of benzene rings is 1. The predicted molar refractivity (Wildman–Crippen MR) is 73.8 cm³/mol. The molecule has 3 rings (SSSR count). The maximum absolute atomic E-state index is 8.82. The summed E-state index contributed by atoms with van der Waals surface area (Å²) in [5.41, 5.74) is 4.16. The van der Waals surface area contributed by atoms with Crippen molar-refractivity contribution in [1.29, 1.82) is 0 Å². The summed E-state index contributed by atoms with van der Waals surface area (Å²) >= 11 is 0. The van der Waals surface area contributed by atoms with Crippen LogP contribution in [0.1, 0.15) is 24.1 Å². The van der Waals surface area contributed by atoms with Crippen molar-refractivity contribution in [1.82, 2.24) is 10.3 Å². The highest BCUT2D eigenvalue weighted by Gasteiger charge is 2.21. The zero-order valence-electron chi connectivity index (χ0n) is 10.6. The van der Waals surface area contributed by atoms with Crippen LogP contribution in [0.15, 0.2) is 24.3 Å². The van der Waals surface area contributed by atoms with Gasteiger partial charge in [0.2, 0.25) is 0 Å². The number of fused-ring (bicyclic) bond motifs is 3. The lowest BCUT2D eigenvalue weighted by molar-refractivity contribution is 0.281. The van der Waals surface area contributed by atoms with Gasteiger partial charge in [0.15, 0.2) is 0 Å². The zero-order valence-corrected chi connectivity index (χ0v) is 10.6. The molecule has 1 aliphatic carbocycles. The number of hydrogen-bond acceptors (Lipinski definition) is 2. The first-order chi connectivity index (χ1) is 8.88. The van der Waals surface area contributed by atoms with E-state index in [0.29, 0.717) is 6.04 Å². The minimum atomic E-state index is 0.276. The van der Waals surface area contributed by atoms with Gasteiger partial charge in [-0.1, -0.05) is 18.2 Å². The lowest BCUT2D eigenvalue weighted by Gasteiger charge is -2.23. The van der Waals surface area contributed by atoms with Crippen molar-refractivity contribution in [3.63, 3.8) is 0 Å². The molecule has 1 aromatic heterocycles. The van der Waals surface area contributed by atoms with Gasteiger partial charge < -0.3 is 15.4 Å². The molecule has 0 aliphatic heterocycles.